The van der Waals surface area contributed by atoms with Crippen LogP contribution in [0, 0.1) is 0 Å². The number of pyridine rings is 1. The normalized spacial score (nSPS) is 12.6. The molecule has 0 unspecified atom stereocenters. The van der Waals surface area contributed by atoms with Crippen LogP contribution in [0.1, 0.15) is 130 Å². The van der Waals surface area contributed by atoms with Crippen LogP contribution in [-0.4, -0.2) is 19.6 Å². The number of hydrogen-bond donors (Lipinski definition) is 1. The standard InChI is InChI=1S/C72H71N3O/c1-43(2)59-38-48(46-30-31-58-56-26-18-17-24-54(56)55-25-19-20-27-57(55)61(58)37-46)39-60(44(3)4)67(59)75-65-29-21-28-53(66(65)74-69(75)62-41-52(71(8,9)10)42-63(68(62)76)72(11,12)13)49-34-50(36-51(35-49)70(5,6)7)64-40-47(32-33-73-64)45-22-15-14-16-23-45/h14-44,76H,1-13H3. The van der Waals surface area contributed by atoms with Crippen molar-refractivity contribution in [1.82, 2.24) is 14.5 Å². The Morgan fingerprint density at radius 2 is 0.974 bits per heavy atom. The largest absolute Gasteiger partial charge is 0.507 e. The molecule has 76 heavy (non-hydrogen) atoms. The zero-order valence-corrected chi connectivity index (χ0v) is 46.7. The molecule has 11 rings (SSSR count). The Morgan fingerprint density at radius 1 is 0.421 bits per heavy atom. The highest BCUT2D eigenvalue weighted by atomic mass is 16.3. The summed E-state index contributed by atoms with van der Waals surface area (Å²) in [5.41, 5.74) is 17.4. The highest BCUT2D eigenvalue weighted by Crippen LogP contribution is 2.48. The van der Waals surface area contributed by atoms with E-state index in [4.69, 9.17) is 9.97 Å². The summed E-state index contributed by atoms with van der Waals surface area (Å²) in [5, 5.41) is 20.5. The van der Waals surface area contributed by atoms with Crippen LogP contribution in [-0.2, 0) is 16.2 Å². The van der Waals surface area contributed by atoms with Crippen molar-refractivity contribution in [3.05, 3.63) is 204 Å². The molecule has 0 amide bonds. The van der Waals surface area contributed by atoms with Gasteiger partial charge in [-0.25, -0.2) is 4.98 Å². The summed E-state index contributed by atoms with van der Waals surface area (Å²) in [4.78, 5) is 10.8. The van der Waals surface area contributed by atoms with Crippen molar-refractivity contribution in [2.45, 2.75) is 118 Å². The molecule has 0 aliphatic heterocycles. The number of imidazole rings is 1. The second kappa shape index (κ2) is 18.8. The van der Waals surface area contributed by atoms with E-state index in [1.165, 1.54) is 60.1 Å². The van der Waals surface area contributed by atoms with Crippen molar-refractivity contribution in [3.8, 4) is 67.5 Å². The number of aromatic hydroxyl groups is 1. The number of fused-ring (bicyclic) bond motifs is 7. The van der Waals surface area contributed by atoms with Crippen LogP contribution < -0.4 is 0 Å². The molecule has 9 aromatic carbocycles. The second-order valence-corrected chi connectivity index (χ2v) is 24.9. The zero-order valence-electron chi connectivity index (χ0n) is 46.7. The van der Waals surface area contributed by atoms with E-state index in [1.54, 1.807) is 0 Å². The Labute approximate surface area is 450 Å². The molecule has 4 heteroatoms. The molecule has 1 N–H and O–H groups in total. The summed E-state index contributed by atoms with van der Waals surface area (Å²) in [6.07, 6.45) is 1.92. The molecule has 0 saturated heterocycles. The van der Waals surface area contributed by atoms with E-state index < -0.39 is 0 Å². The lowest BCUT2D eigenvalue weighted by Gasteiger charge is -2.28. The monoisotopic (exact) mass is 994 g/mol. The fourth-order valence-electron chi connectivity index (χ4n) is 11.4. The smallest absolute Gasteiger partial charge is 0.149 e. The van der Waals surface area contributed by atoms with Crippen LogP contribution in [0.15, 0.2) is 176 Å². The van der Waals surface area contributed by atoms with E-state index in [1.807, 2.05) is 6.20 Å². The molecular weight excluding hydrogens is 923 g/mol. The van der Waals surface area contributed by atoms with Gasteiger partial charge in [0.1, 0.15) is 11.6 Å². The number of phenolic OH excluding ortho intramolecular Hbond substituents is 1. The minimum Gasteiger partial charge on any atom is -0.507 e. The molecule has 0 saturated carbocycles. The van der Waals surface area contributed by atoms with Crippen molar-refractivity contribution < 1.29 is 5.11 Å². The number of benzene rings is 9. The van der Waals surface area contributed by atoms with Gasteiger partial charge >= 0.3 is 0 Å². The Balaban J connectivity index is 1.21. The predicted octanol–water partition coefficient (Wildman–Crippen LogP) is 20.1. The van der Waals surface area contributed by atoms with Gasteiger partial charge in [-0.2, -0.15) is 0 Å². The van der Waals surface area contributed by atoms with Gasteiger partial charge in [0.2, 0.25) is 0 Å². The maximum absolute atomic E-state index is 12.9. The van der Waals surface area contributed by atoms with Crippen molar-refractivity contribution in [1.29, 1.82) is 0 Å². The number of rotatable bonds is 8. The first-order valence-corrected chi connectivity index (χ1v) is 27.2. The number of nitrogens with zero attached hydrogens (tertiary/aromatic N) is 3. The first kappa shape index (κ1) is 50.3. The summed E-state index contributed by atoms with van der Waals surface area (Å²) in [6, 6.07) is 62.4. The lowest BCUT2D eigenvalue weighted by molar-refractivity contribution is 0.446. The lowest BCUT2D eigenvalue weighted by atomic mass is 9.78. The molecule has 2 aromatic heterocycles. The average molecular weight is 994 g/mol. The number of aromatic nitrogens is 3. The number of phenols is 1. The quantitative estimate of drug-likeness (QED) is 0.154. The third-order valence-electron chi connectivity index (χ3n) is 15.7. The maximum atomic E-state index is 12.9. The van der Waals surface area contributed by atoms with Gasteiger partial charge in [0.05, 0.1) is 28.0 Å². The zero-order chi connectivity index (χ0) is 53.6. The molecule has 0 atom stereocenters. The van der Waals surface area contributed by atoms with Crippen molar-refractivity contribution in [2.24, 2.45) is 0 Å². The van der Waals surface area contributed by atoms with E-state index in [9.17, 15) is 5.11 Å². The minimum absolute atomic E-state index is 0.135. The molecule has 4 nitrogen and oxygen atoms in total. The van der Waals surface area contributed by atoms with E-state index >= 15 is 0 Å². The molecule has 380 valence electrons. The van der Waals surface area contributed by atoms with Gasteiger partial charge in [-0.3, -0.25) is 9.55 Å². The summed E-state index contributed by atoms with van der Waals surface area (Å²) in [5.74, 6) is 1.26. The number of para-hydroxylation sites is 1. The molecule has 0 spiro atoms. The molecule has 0 aliphatic rings. The molecule has 0 radical (unpaired) electrons. The Bertz CT molecular complexity index is 3990. The third-order valence-corrected chi connectivity index (χ3v) is 15.7. The molecule has 0 aliphatic carbocycles. The summed E-state index contributed by atoms with van der Waals surface area (Å²) in [7, 11) is 0. The third kappa shape index (κ3) is 8.96. The van der Waals surface area contributed by atoms with Crippen molar-refractivity contribution >= 4 is 43.4 Å². The van der Waals surface area contributed by atoms with Gasteiger partial charge in [0.15, 0.2) is 0 Å². The van der Waals surface area contributed by atoms with E-state index in [0.717, 1.165) is 72.7 Å². The highest BCUT2D eigenvalue weighted by Gasteiger charge is 2.31. The van der Waals surface area contributed by atoms with Gasteiger partial charge < -0.3 is 5.11 Å². The fraction of sp³-hybridized carbons (Fsp3) is 0.250. The Morgan fingerprint density at radius 3 is 1.57 bits per heavy atom. The summed E-state index contributed by atoms with van der Waals surface area (Å²) in [6.45, 7) is 29.4. The van der Waals surface area contributed by atoms with E-state index in [0.29, 0.717) is 0 Å². The summed E-state index contributed by atoms with van der Waals surface area (Å²) >= 11 is 0. The Kier molecular flexibility index (Phi) is 12.4. The molecular formula is C72H71N3O. The molecule has 0 fully saturated rings. The lowest BCUT2D eigenvalue weighted by Crippen LogP contribution is -2.17. The van der Waals surface area contributed by atoms with Crippen LogP contribution in [0.4, 0.5) is 0 Å². The van der Waals surface area contributed by atoms with Gasteiger partial charge in [0.25, 0.3) is 0 Å². The molecule has 2 heterocycles. The first-order chi connectivity index (χ1) is 36.2. The van der Waals surface area contributed by atoms with Gasteiger partial charge in [-0.1, -0.05) is 205 Å². The number of hydrogen-bond acceptors (Lipinski definition) is 3. The average Bonchev–Trinajstić information content (AvgIpc) is 3.82. The molecule has 0 bridgehead atoms. The predicted molar refractivity (Wildman–Crippen MR) is 325 cm³/mol. The van der Waals surface area contributed by atoms with Gasteiger partial charge in [-0.05, 0) is 165 Å². The van der Waals surface area contributed by atoms with Gasteiger partial charge in [0, 0.05) is 22.9 Å². The Hall–Kier alpha value is -7.82. The van der Waals surface area contributed by atoms with Crippen LogP contribution in [0.5, 0.6) is 5.75 Å². The maximum Gasteiger partial charge on any atom is 0.149 e. The minimum atomic E-state index is -0.344. The van der Waals surface area contributed by atoms with Crippen LogP contribution >= 0.6 is 0 Å². The van der Waals surface area contributed by atoms with Crippen LogP contribution in [0.25, 0.3) is 105 Å². The topological polar surface area (TPSA) is 50.9 Å². The second-order valence-electron chi connectivity index (χ2n) is 24.9. The van der Waals surface area contributed by atoms with Crippen molar-refractivity contribution in [2.75, 3.05) is 0 Å². The fourth-order valence-corrected chi connectivity index (χ4v) is 11.4. The first-order valence-electron chi connectivity index (χ1n) is 27.2. The van der Waals surface area contributed by atoms with Gasteiger partial charge in [-0.15, -0.1) is 0 Å². The van der Waals surface area contributed by atoms with E-state index in [2.05, 4.69) is 264 Å². The SMILES string of the molecule is CC(C)c1cc(-c2ccc3c4ccccc4c4ccccc4c3c2)cc(C(C)C)c1-n1c(-c2cc(C(C)(C)C)cc(C(C)(C)C)c2O)nc2c(-c3cc(-c4cc(-c5ccccc5)ccn4)cc(C(C)(C)C)c3)cccc21. The highest BCUT2D eigenvalue weighted by molar-refractivity contribution is 6.25. The van der Waals surface area contributed by atoms with Crippen molar-refractivity contribution in [3.63, 3.8) is 0 Å². The van der Waals surface area contributed by atoms with Crippen LogP contribution in [0.3, 0.4) is 0 Å². The molecule has 11 aromatic rings. The van der Waals surface area contributed by atoms with E-state index in [-0.39, 0.29) is 33.8 Å². The summed E-state index contributed by atoms with van der Waals surface area (Å²) < 4.78 is 2.40. The van der Waals surface area contributed by atoms with Crippen LogP contribution in [0.2, 0.25) is 0 Å².